The van der Waals surface area contributed by atoms with Crippen LogP contribution >= 0.6 is 0 Å². The highest BCUT2D eigenvalue weighted by molar-refractivity contribution is 6.18. The van der Waals surface area contributed by atoms with Crippen molar-refractivity contribution in [2.45, 2.75) is 13.1 Å². The van der Waals surface area contributed by atoms with Crippen molar-refractivity contribution in [1.82, 2.24) is 27.4 Å². The van der Waals surface area contributed by atoms with Gasteiger partial charge in [0.25, 0.3) is 0 Å². The third-order valence-corrected chi connectivity index (χ3v) is 20.4. The molecule has 0 aliphatic carbocycles. The lowest BCUT2D eigenvalue weighted by molar-refractivity contribution is -0.137. The number of alkyl halides is 3. The molecule has 6 aromatic heterocycles. The van der Waals surface area contributed by atoms with Gasteiger partial charge in [-0.25, -0.2) is 4.85 Å². The predicted octanol–water partition coefficient (Wildman–Crippen LogP) is 23.8. The average Bonchev–Trinajstić information content (AvgIpc) is 1.59. The van der Waals surface area contributed by atoms with E-state index in [0.717, 1.165) is 143 Å². The molecule has 0 unspecified atom stereocenters. The van der Waals surface area contributed by atoms with Crippen LogP contribution in [-0.4, -0.2) is 27.4 Å². The molecule has 0 aliphatic rings. The molecular weight excluding hydrogens is 1200 g/mol. The SMILES string of the molecule is [C-]#[N+]c1c(-n2c3cc(-n4c5ccccc5c5ccccc54)ccc3c3ccc(-n4c5ccccc5c5ccccc54)cc32)ccc(-c2c(C)cccc2C(F)(F)F)c1-n1c2cc(-n3c4ccccc4c4ccccc43)ccc2c2ccc(-n3c4ccccc4c4ccccc43)cc21. The molecule has 0 spiro atoms. The minimum atomic E-state index is -4.77. The summed E-state index contributed by atoms with van der Waals surface area (Å²) in [5.41, 5.74) is 15.6. The lowest BCUT2D eigenvalue weighted by atomic mass is 9.92. The van der Waals surface area contributed by atoms with Crippen LogP contribution in [0, 0.1) is 13.5 Å². The van der Waals surface area contributed by atoms with Crippen molar-refractivity contribution in [3.8, 4) is 45.3 Å². The average molecular weight is 1250 g/mol. The molecule has 20 aromatic rings. The molecular formula is C87H52F3N7. The van der Waals surface area contributed by atoms with Crippen molar-refractivity contribution in [3.63, 3.8) is 0 Å². The van der Waals surface area contributed by atoms with Gasteiger partial charge in [0.15, 0.2) is 0 Å². The highest BCUT2D eigenvalue weighted by atomic mass is 19.4. The van der Waals surface area contributed by atoms with Gasteiger partial charge in [-0.15, -0.1) is 0 Å². The van der Waals surface area contributed by atoms with Crippen LogP contribution in [0.1, 0.15) is 11.1 Å². The molecule has 0 saturated carbocycles. The summed E-state index contributed by atoms with van der Waals surface area (Å²) in [6, 6.07) is 102. The van der Waals surface area contributed by atoms with Crippen LogP contribution in [0.3, 0.4) is 0 Å². The molecule has 10 heteroatoms. The second-order valence-electron chi connectivity index (χ2n) is 25.4. The third kappa shape index (κ3) is 7.73. The number of rotatable bonds is 7. The maximum absolute atomic E-state index is 16.3. The first-order valence-corrected chi connectivity index (χ1v) is 32.5. The summed E-state index contributed by atoms with van der Waals surface area (Å²) in [6.45, 7) is 11.7. The molecule has 0 amide bonds. The smallest absolute Gasteiger partial charge is 0.319 e. The first-order chi connectivity index (χ1) is 47.7. The van der Waals surface area contributed by atoms with Gasteiger partial charge in [-0.1, -0.05) is 188 Å². The molecule has 20 rings (SSSR count). The first kappa shape index (κ1) is 54.7. The van der Waals surface area contributed by atoms with Gasteiger partial charge in [-0.2, -0.15) is 13.2 Å². The molecule has 0 fully saturated rings. The molecule has 97 heavy (non-hydrogen) atoms. The molecule has 14 aromatic carbocycles. The van der Waals surface area contributed by atoms with E-state index in [1.54, 1.807) is 13.0 Å². The topological polar surface area (TPSA) is 33.9 Å². The van der Waals surface area contributed by atoms with E-state index in [1.165, 1.54) is 12.1 Å². The Morgan fingerprint density at radius 1 is 0.278 bits per heavy atom. The number of hydrogen-bond acceptors (Lipinski definition) is 0. The van der Waals surface area contributed by atoms with E-state index < -0.39 is 11.7 Å². The highest BCUT2D eigenvalue weighted by Gasteiger charge is 2.36. The Morgan fingerprint density at radius 2 is 0.557 bits per heavy atom. The summed E-state index contributed by atoms with van der Waals surface area (Å²) < 4.78 is 62.3. The van der Waals surface area contributed by atoms with Crippen molar-refractivity contribution < 1.29 is 13.2 Å². The van der Waals surface area contributed by atoms with Gasteiger partial charge in [0.2, 0.25) is 5.69 Å². The van der Waals surface area contributed by atoms with Crippen LogP contribution in [0.4, 0.5) is 18.9 Å². The maximum Gasteiger partial charge on any atom is 0.417 e. The van der Waals surface area contributed by atoms with Gasteiger partial charge in [-0.05, 0) is 133 Å². The van der Waals surface area contributed by atoms with E-state index in [-0.39, 0.29) is 16.8 Å². The lowest BCUT2D eigenvalue weighted by Gasteiger charge is -2.23. The number of hydrogen-bond donors (Lipinski definition) is 0. The van der Waals surface area contributed by atoms with E-state index >= 15 is 13.2 Å². The number of aromatic nitrogens is 6. The Hall–Kier alpha value is -12.8. The van der Waals surface area contributed by atoms with E-state index in [9.17, 15) is 6.57 Å². The molecule has 0 aliphatic heterocycles. The summed E-state index contributed by atoms with van der Waals surface area (Å²) in [5, 5.41) is 12.5. The van der Waals surface area contributed by atoms with Crippen LogP contribution in [0.25, 0.3) is 181 Å². The van der Waals surface area contributed by atoms with Gasteiger partial charge in [0.1, 0.15) is 0 Å². The zero-order chi connectivity index (χ0) is 64.5. The standard InChI is InChI=1S/C87H52F3N7/c1-52-20-19-29-70(87(88,89)90)84(52)69-46-47-79(96-80-48-53(92-71-30-11-3-21-57(71)58-22-4-12-31-72(58)92)38-42-65(80)66-43-39-54(49-81(66)96)93-73-32-13-5-23-59(73)60-24-6-14-33-74(60)93)85(91-2)86(69)97-82-50-55(94-75-34-15-7-25-61(75)62-26-8-16-35-76(62)94)40-44-67(82)68-45-41-56(51-83(68)97)95-77-36-17-9-27-63(77)64-28-10-18-37-78(64)95/h3-51H,1H3. The highest BCUT2D eigenvalue weighted by Crippen LogP contribution is 2.51. The zero-order valence-electron chi connectivity index (χ0n) is 52.1. The van der Waals surface area contributed by atoms with Crippen molar-refractivity contribution >= 4 is 137 Å². The van der Waals surface area contributed by atoms with Gasteiger partial charge in [-0.3, -0.25) is 0 Å². The monoisotopic (exact) mass is 1250 g/mol. The van der Waals surface area contributed by atoms with Crippen LogP contribution in [0.2, 0.25) is 0 Å². The number of aryl methyl sites for hydroxylation is 1. The maximum atomic E-state index is 16.3. The second kappa shape index (κ2) is 20.3. The Bertz CT molecular complexity index is 6290. The molecule has 0 bridgehead atoms. The minimum Gasteiger partial charge on any atom is -0.319 e. The van der Waals surface area contributed by atoms with Crippen LogP contribution in [0.15, 0.2) is 297 Å². The van der Waals surface area contributed by atoms with E-state index in [1.807, 2.05) is 12.1 Å². The number of nitrogens with zero attached hydrogens (tertiary/aromatic N) is 7. The Morgan fingerprint density at radius 3 is 0.845 bits per heavy atom. The predicted molar refractivity (Wildman–Crippen MR) is 394 cm³/mol. The molecule has 0 radical (unpaired) electrons. The summed E-state index contributed by atoms with van der Waals surface area (Å²) in [7, 11) is 0. The molecule has 0 atom stereocenters. The minimum absolute atomic E-state index is 0.00178. The molecule has 0 N–H and O–H groups in total. The van der Waals surface area contributed by atoms with Crippen molar-refractivity contribution in [3.05, 3.63) is 320 Å². The lowest BCUT2D eigenvalue weighted by Crippen LogP contribution is -2.10. The molecule has 7 nitrogen and oxygen atoms in total. The van der Waals surface area contributed by atoms with Gasteiger partial charge >= 0.3 is 6.18 Å². The van der Waals surface area contributed by atoms with Gasteiger partial charge in [0.05, 0.1) is 89.7 Å². The van der Waals surface area contributed by atoms with Crippen LogP contribution < -0.4 is 0 Å². The summed E-state index contributed by atoms with van der Waals surface area (Å²) in [4.78, 5) is 4.74. The van der Waals surface area contributed by atoms with E-state index in [2.05, 4.69) is 294 Å². The Labute approximate surface area is 552 Å². The molecule has 456 valence electrons. The zero-order valence-corrected chi connectivity index (χ0v) is 52.1. The summed E-state index contributed by atoms with van der Waals surface area (Å²) in [6.07, 6.45) is -4.77. The van der Waals surface area contributed by atoms with Gasteiger partial charge < -0.3 is 27.4 Å². The van der Waals surface area contributed by atoms with E-state index in [0.29, 0.717) is 28.0 Å². The fourth-order valence-corrected chi connectivity index (χ4v) is 16.4. The molecule has 0 saturated heterocycles. The summed E-state index contributed by atoms with van der Waals surface area (Å²) >= 11 is 0. The first-order valence-electron chi connectivity index (χ1n) is 32.5. The number of para-hydroxylation sites is 8. The fraction of sp³-hybridized carbons (Fsp3) is 0.0230. The third-order valence-electron chi connectivity index (χ3n) is 20.4. The van der Waals surface area contributed by atoms with E-state index in [4.69, 9.17) is 4.85 Å². The van der Waals surface area contributed by atoms with Crippen LogP contribution in [-0.2, 0) is 6.18 Å². The van der Waals surface area contributed by atoms with Crippen molar-refractivity contribution in [2.24, 2.45) is 0 Å². The van der Waals surface area contributed by atoms with Crippen LogP contribution in [0.5, 0.6) is 0 Å². The largest absolute Gasteiger partial charge is 0.417 e. The van der Waals surface area contributed by atoms with Gasteiger partial charge in [0, 0.05) is 87.4 Å². The van der Waals surface area contributed by atoms with Crippen molar-refractivity contribution in [2.75, 3.05) is 0 Å². The molecule has 6 heterocycles. The quantitative estimate of drug-likeness (QED) is 0.143. The summed E-state index contributed by atoms with van der Waals surface area (Å²) in [5.74, 6) is 0. The van der Waals surface area contributed by atoms with Crippen molar-refractivity contribution in [1.29, 1.82) is 0 Å². The second-order valence-corrected chi connectivity index (χ2v) is 25.4. The Kier molecular flexibility index (Phi) is 11.5. The number of benzene rings is 14. The fourth-order valence-electron chi connectivity index (χ4n) is 16.4. The number of fused-ring (bicyclic) bond motifs is 18. The number of halogens is 3. The Balaban J connectivity index is 0.958. The normalized spacial score (nSPS) is 12.3.